The number of carbonyl (C=O) groups is 2. The fourth-order valence-electron chi connectivity index (χ4n) is 4.68. The third-order valence-electron chi connectivity index (χ3n) is 6.48. The molecule has 0 spiro atoms. The molecule has 0 radical (unpaired) electrons. The lowest BCUT2D eigenvalue weighted by Gasteiger charge is -2.34. The summed E-state index contributed by atoms with van der Waals surface area (Å²) in [6, 6.07) is 24.9. The van der Waals surface area contributed by atoms with Crippen molar-refractivity contribution in [3.05, 3.63) is 103 Å². The Morgan fingerprint density at radius 1 is 0.950 bits per heavy atom. The summed E-state index contributed by atoms with van der Waals surface area (Å²) in [6.45, 7) is 9.30. The largest absolute Gasteiger partial charge is 0.458 e. The Kier molecular flexibility index (Phi) is 8.67. The molecule has 0 N–H and O–H groups in total. The summed E-state index contributed by atoms with van der Waals surface area (Å²) in [7, 11) is -3.37. The number of hydrogen-bond acceptors (Lipinski definition) is 6. The van der Waals surface area contributed by atoms with Gasteiger partial charge in [0, 0.05) is 15.9 Å². The lowest BCUT2D eigenvalue weighted by molar-refractivity contribution is -0.0610. The summed E-state index contributed by atoms with van der Waals surface area (Å²) in [5, 5.41) is 1.68. The number of hydrogen-bond donors (Lipinski definition) is 0. The molecule has 1 amide bonds. The first kappa shape index (κ1) is 29.3. The molecule has 0 unspecified atom stereocenters. The van der Waals surface area contributed by atoms with E-state index >= 15 is 0 Å². The minimum Gasteiger partial charge on any atom is -0.458 e. The lowest BCUT2D eigenvalue weighted by Crippen LogP contribution is -2.49. The molecule has 1 heterocycles. The van der Waals surface area contributed by atoms with Gasteiger partial charge in [-0.2, -0.15) is 0 Å². The molecule has 0 saturated carbocycles. The summed E-state index contributed by atoms with van der Waals surface area (Å²) >= 11 is 0. The molecular formula is C32H36NO6P. The fourth-order valence-corrected chi connectivity index (χ4v) is 7.52. The van der Waals surface area contributed by atoms with Crippen LogP contribution >= 0.6 is 7.14 Å². The quantitative estimate of drug-likeness (QED) is 0.218. The van der Waals surface area contributed by atoms with Crippen molar-refractivity contribution in [2.45, 2.75) is 52.0 Å². The van der Waals surface area contributed by atoms with Crippen molar-refractivity contribution in [3.8, 4) is 0 Å². The number of esters is 1. The number of amides is 1. The second kappa shape index (κ2) is 11.8. The van der Waals surface area contributed by atoms with Gasteiger partial charge in [-0.25, -0.2) is 9.59 Å². The molecule has 1 aliphatic heterocycles. The number of carbonyl (C=O) groups excluding carboxylic acids is 2. The zero-order chi connectivity index (χ0) is 29.0. The number of rotatable bonds is 7. The van der Waals surface area contributed by atoms with Gasteiger partial charge in [0.1, 0.15) is 17.9 Å². The van der Waals surface area contributed by atoms with Crippen LogP contribution in [0.2, 0.25) is 0 Å². The van der Waals surface area contributed by atoms with Crippen LogP contribution in [-0.2, 0) is 18.8 Å². The van der Waals surface area contributed by atoms with Crippen molar-refractivity contribution < 1.29 is 28.4 Å². The van der Waals surface area contributed by atoms with Crippen LogP contribution in [0.3, 0.4) is 0 Å². The zero-order valence-corrected chi connectivity index (χ0v) is 24.5. The maximum absolute atomic E-state index is 14.8. The molecule has 1 saturated heterocycles. The average molecular weight is 562 g/mol. The van der Waals surface area contributed by atoms with E-state index in [4.69, 9.17) is 14.2 Å². The van der Waals surface area contributed by atoms with E-state index in [1.165, 1.54) is 0 Å². The van der Waals surface area contributed by atoms with Gasteiger partial charge in [-0.3, -0.25) is 4.90 Å². The van der Waals surface area contributed by atoms with Crippen LogP contribution in [0.15, 0.2) is 97.1 Å². The molecule has 8 heteroatoms. The molecule has 1 aliphatic rings. The van der Waals surface area contributed by atoms with Crippen LogP contribution in [0.25, 0.3) is 0 Å². The molecule has 0 aromatic heterocycles. The van der Waals surface area contributed by atoms with Crippen LogP contribution in [0, 0.1) is 0 Å². The molecule has 0 aliphatic carbocycles. The first-order valence-electron chi connectivity index (χ1n) is 13.2. The van der Waals surface area contributed by atoms with Gasteiger partial charge < -0.3 is 18.8 Å². The maximum Gasteiger partial charge on any atom is 0.413 e. The van der Waals surface area contributed by atoms with Crippen LogP contribution in [0.1, 0.15) is 45.0 Å². The first-order valence-corrected chi connectivity index (χ1v) is 14.9. The molecule has 210 valence electrons. The first-order chi connectivity index (χ1) is 18.9. The van der Waals surface area contributed by atoms with Gasteiger partial charge in [-0.1, -0.05) is 78.9 Å². The topological polar surface area (TPSA) is 82.1 Å². The van der Waals surface area contributed by atoms with Crippen molar-refractivity contribution in [3.63, 3.8) is 0 Å². The van der Waals surface area contributed by atoms with E-state index in [0.29, 0.717) is 15.9 Å². The zero-order valence-electron chi connectivity index (χ0n) is 23.6. The van der Waals surface area contributed by atoms with Crippen LogP contribution in [-0.4, -0.2) is 47.5 Å². The Morgan fingerprint density at radius 3 is 2.08 bits per heavy atom. The predicted molar refractivity (Wildman–Crippen MR) is 157 cm³/mol. The summed E-state index contributed by atoms with van der Waals surface area (Å²) in [5.74, 6) is -0.584. The summed E-state index contributed by atoms with van der Waals surface area (Å²) in [4.78, 5) is 27.7. The molecule has 0 bridgehead atoms. The predicted octanol–water partition coefficient (Wildman–Crippen LogP) is 5.41. The van der Waals surface area contributed by atoms with Crippen LogP contribution in [0.4, 0.5) is 4.79 Å². The molecule has 4 rings (SSSR count). The number of ether oxygens (including phenoxy) is 3. The van der Waals surface area contributed by atoms with Crippen LogP contribution < -0.4 is 15.9 Å². The SMILES string of the molecule is CC(C)(C)OC(=O)N1[C@@H](/C=C\COC(=O)c2ccccc2P(=O)(c2ccccc2)c2ccccc2)COC1(C)C. The van der Waals surface area contributed by atoms with Gasteiger partial charge in [-0.05, 0) is 52.8 Å². The Labute approximate surface area is 236 Å². The van der Waals surface area contributed by atoms with E-state index in [-0.39, 0.29) is 24.8 Å². The minimum atomic E-state index is -3.37. The van der Waals surface area contributed by atoms with Crippen LogP contribution in [0.5, 0.6) is 0 Å². The van der Waals surface area contributed by atoms with Gasteiger partial charge >= 0.3 is 12.1 Å². The highest BCUT2D eigenvalue weighted by molar-refractivity contribution is 7.85. The van der Waals surface area contributed by atoms with Gasteiger partial charge in [0.2, 0.25) is 0 Å². The van der Waals surface area contributed by atoms with E-state index in [0.717, 1.165) is 0 Å². The number of nitrogens with zero attached hydrogens (tertiary/aromatic N) is 1. The maximum atomic E-state index is 14.8. The molecule has 7 nitrogen and oxygen atoms in total. The lowest BCUT2D eigenvalue weighted by atomic mass is 10.2. The third-order valence-corrected chi connectivity index (χ3v) is 9.60. The average Bonchev–Trinajstić information content (AvgIpc) is 3.24. The molecule has 3 aromatic rings. The summed E-state index contributed by atoms with van der Waals surface area (Å²) in [5.41, 5.74) is -1.25. The summed E-state index contributed by atoms with van der Waals surface area (Å²) in [6.07, 6.45) is 2.98. The minimum absolute atomic E-state index is 0.0345. The van der Waals surface area contributed by atoms with Crippen molar-refractivity contribution in [1.82, 2.24) is 4.90 Å². The Bertz CT molecular complexity index is 1370. The van der Waals surface area contributed by atoms with Crippen molar-refractivity contribution >= 4 is 35.1 Å². The van der Waals surface area contributed by atoms with Gasteiger partial charge in [0.05, 0.1) is 18.2 Å². The van der Waals surface area contributed by atoms with E-state index in [1.807, 2.05) is 81.4 Å². The fraction of sp³-hybridized carbons (Fsp3) is 0.312. The monoisotopic (exact) mass is 561 g/mol. The Hall–Kier alpha value is -3.67. The van der Waals surface area contributed by atoms with Crippen molar-refractivity contribution in [1.29, 1.82) is 0 Å². The highest BCUT2D eigenvalue weighted by Crippen LogP contribution is 2.43. The molecule has 1 fully saturated rings. The standard InChI is InChI=1S/C32H36NO6P/c1-31(2,3)39-30(35)33-24(23-38-32(33,4)5)15-14-22-37-29(34)27-20-12-13-21-28(27)40(36,25-16-8-6-9-17-25)26-18-10-7-11-19-26/h6-21,24H,22-23H2,1-5H3/b15-14-/t24-/m0/s1. The van der Waals surface area contributed by atoms with Gasteiger partial charge in [0.25, 0.3) is 0 Å². The number of benzene rings is 3. The highest BCUT2D eigenvalue weighted by Gasteiger charge is 2.44. The van der Waals surface area contributed by atoms with E-state index in [2.05, 4.69) is 0 Å². The van der Waals surface area contributed by atoms with E-state index < -0.39 is 30.5 Å². The molecule has 1 atom stereocenters. The second-order valence-electron chi connectivity index (χ2n) is 11.0. The highest BCUT2D eigenvalue weighted by atomic mass is 31.2. The van der Waals surface area contributed by atoms with Crippen molar-refractivity contribution in [2.24, 2.45) is 0 Å². The van der Waals surface area contributed by atoms with E-state index in [1.54, 1.807) is 55.2 Å². The van der Waals surface area contributed by atoms with E-state index in [9.17, 15) is 14.2 Å². The smallest absolute Gasteiger partial charge is 0.413 e. The second-order valence-corrected chi connectivity index (χ2v) is 13.7. The van der Waals surface area contributed by atoms with Gasteiger partial charge in [-0.15, -0.1) is 0 Å². The molecular weight excluding hydrogens is 525 g/mol. The third kappa shape index (κ3) is 6.38. The normalized spacial score (nSPS) is 17.1. The Balaban J connectivity index is 1.54. The summed E-state index contributed by atoms with van der Waals surface area (Å²) < 4.78 is 31.8. The molecule has 3 aromatic carbocycles. The molecule has 40 heavy (non-hydrogen) atoms. The van der Waals surface area contributed by atoms with Gasteiger partial charge in [0.15, 0.2) is 7.14 Å². The van der Waals surface area contributed by atoms with Crippen molar-refractivity contribution in [2.75, 3.05) is 13.2 Å². The Morgan fingerprint density at radius 2 is 1.50 bits per heavy atom.